The van der Waals surface area contributed by atoms with Crippen LogP contribution in [0.25, 0.3) is 0 Å². The van der Waals surface area contributed by atoms with Crippen LogP contribution in [0.3, 0.4) is 0 Å². The molecule has 2 saturated heterocycles. The Morgan fingerprint density at radius 2 is 2.15 bits per heavy atom. The average molecular weight is 305 g/mol. The van der Waals surface area contributed by atoms with Gasteiger partial charge in [0.25, 0.3) is 0 Å². The summed E-state index contributed by atoms with van der Waals surface area (Å²) in [5.41, 5.74) is 0. The fraction of sp³-hybridized carbons (Fsp3) is 1.00. The van der Waals surface area contributed by atoms with Gasteiger partial charge in [-0.1, -0.05) is 0 Å². The van der Waals surface area contributed by atoms with Gasteiger partial charge in [-0.2, -0.15) is 0 Å². The van der Waals surface area contributed by atoms with Crippen LogP contribution in [0.15, 0.2) is 0 Å². The summed E-state index contributed by atoms with van der Waals surface area (Å²) in [5.74, 6) is 0.491. The monoisotopic (exact) mass is 305 g/mol. The minimum atomic E-state index is -3.18. The molecule has 2 atom stereocenters. The van der Waals surface area contributed by atoms with Crippen molar-refractivity contribution >= 4 is 10.0 Å². The van der Waals surface area contributed by atoms with E-state index in [1.807, 2.05) is 6.92 Å². The Kier molecular flexibility index (Phi) is 6.22. The molecule has 6 nitrogen and oxygen atoms in total. The Morgan fingerprint density at radius 3 is 2.80 bits per heavy atom. The van der Waals surface area contributed by atoms with E-state index in [-0.39, 0.29) is 17.7 Å². The lowest BCUT2D eigenvalue weighted by Crippen LogP contribution is -2.47. The zero-order valence-electron chi connectivity index (χ0n) is 12.3. The quantitative estimate of drug-likeness (QED) is 0.700. The van der Waals surface area contributed by atoms with Gasteiger partial charge in [0.15, 0.2) is 0 Å². The lowest BCUT2D eigenvalue weighted by Gasteiger charge is -2.29. The van der Waals surface area contributed by atoms with E-state index >= 15 is 0 Å². The van der Waals surface area contributed by atoms with Crippen molar-refractivity contribution in [3.05, 3.63) is 0 Å². The first-order valence-corrected chi connectivity index (χ1v) is 9.21. The normalized spacial score (nSPS) is 27.4. The zero-order valence-corrected chi connectivity index (χ0v) is 13.1. The molecule has 2 N–H and O–H groups in total. The molecule has 0 aliphatic carbocycles. The van der Waals surface area contributed by atoms with Crippen molar-refractivity contribution in [1.29, 1.82) is 0 Å². The number of morpholine rings is 1. The highest BCUT2D eigenvalue weighted by molar-refractivity contribution is 7.89. The van der Waals surface area contributed by atoms with Crippen LogP contribution in [0, 0.1) is 5.92 Å². The standard InChI is InChI=1S/C13H27N3O3S/c1-12(10-16-5-7-19-8-6-16)15-20(17,18)11-13-3-2-4-14-9-13/h12-15H,2-11H2,1H3. The van der Waals surface area contributed by atoms with Crippen LogP contribution in [0.1, 0.15) is 19.8 Å². The summed E-state index contributed by atoms with van der Waals surface area (Å²) in [6.45, 7) is 7.78. The van der Waals surface area contributed by atoms with Crippen LogP contribution < -0.4 is 10.0 Å². The molecular weight excluding hydrogens is 278 g/mol. The Labute approximate surface area is 122 Å². The van der Waals surface area contributed by atoms with Gasteiger partial charge in [0.05, 0.1) is 19.0 Å². The summed E-state index contributed by atoms with van der Waals surface area (Å²) in [5, 5.41) is 3.26. The van der Waals surface area contributed by atoms with Crippen LogP contribution in [-0.2, 0) is 14.8 Å². The molecule has 0 aromatic rings. The maximum atomic E-state index is 12.2. The molecule has 118 valence electrons. The number of nitrogens with zero attached hydrogens (tertiary/aromatic N) is 1. The molecule has 2 aliphatic heterocycles. The number of rotatable bonds is 6. The number of ether oxygens (including phenoxy) is 1. The predicted octanol–water partition coefficient (Wildman–Crippen LogP) is -0.374. The summed E-state index contributed by atoms with van der Waals surface area (Å²) in [6.07, 6.45) is 2.08. The smallest absolute Gasteiger partial charge is 0.212 e. The van der Waals surface area contributed by atoms with Crippen LogP contribution >= 0.6 is 0 Å². The van der Waals surface area contributed by atoms with E-state index < -0.39 is 10.0 Å². The molecule has 0 bridgehead atoms. The summed E-state index contributed by atoms with van der Waals surface area (Å²) >= 11 is 0. The highest BCUT2D eigenvalue weighted by Crippen LogP contribution is 2.12. The minimum Gasteiger partial charge on any atom is -0.379 e. The SMILES string of the molecule is CC(CN1CCOCC1)NS(=O)(=O)CC1CCCNC1. The van der Waals surface area contributed by atoms with Crippen molar-refractivity contribution in [2.45, 2.75) is 25.8 Å². The van der Waals surface area contributed by atoms with Gasteiger partial charge in [-0.25, -0.2) is 13.1 Å². The second kappa shape index (κ2) is 7.70. The second-order valence-corrected chi connectivity index (χ2v) is 7.72. The van der Waals surface area contributed by atoms with Crippen molar-refractivity contribution < 1.29 is 13.2 Å². The third kappa shape index (κ3) is 5.65. The molecule has 0 amide bonds. The van der Waals surface area contributed by atoms with Gasteiger partial charge in [-0.05, 0) is 38.8 Å². The van der Waals surface area contributed by atoms with Crippen LogP contribution in [0.2, 0.25) is 0 Å². The van der Waals surface area contributed by atoms with Gasteiger partial charge in [0, 0.05) is 25.7 Å². The Bertz CT molecular complexity index is 376. The van der Waals surface area contributed by atoms with Gasteiger partial charge in [0.1, 0.15) is 0 Å². The van der Waals surface area contributed by atoms with E-state index in [4.69, 9.17) is 4.74 Å². The summed E-state index contributed by atoms with van der Waals surface area (Å²) in [4.78, 5) is 2.25. The molecular formula is C13H27N3O3S. The van der Waals surface area contributed by atoms with E-state index in [1.165, 1.54) is 0 Å². The second-order valence-electron chi connectivity index (χ2n) is 5.93. The molecule has 20 heavy (non-hydrogen) atoms. The largest absolute Gasteiger partial charge is 0.379 e. The average Bonchev–Trinajstić information content (AvgIpc) is 2.39. The van der Waals surface area contributed by atoms with Gasteiger partial charge < -0.3 is 10.1 Å². The first-order valence-electron chi connectivity index (χ1n) is 7.56. The van der Waals surface area contributed by atoms with Crippen LogP contribution in [0.4, 0.5) is 0 Å². The number of hydrogen-bond donors (Lipinski definition) is 2. The molecule has 0 aromatic heterocycles. The summed E-state index contributed by atoms with van der Waals surface area (Å²) in [6, 6.07) is -0.0466. The topological polar surface area (TPSA) is 70.7 Å². The number of nitrogens with one attached hydrogen (secondary N) is 2. The molecule has 0 saturated carbocycles. The third-order valence-electron chi connectivity index (χ3n) is 3.87. The lowest BCUT2D eigenvalue weighted by atomic mass is 10.0. The molecule has 2 aliphatic rings. The predicted molar refractivity (Wildman–Crippen MR) is 79.2 cm³/mol. The van der Waals surface area contributed by atoms with Crippen molar-refractivity contribution in [3.8, 4) is 0 Å². The first kappa shape index (κ1) is 16.2. The van der Waals surface area contributed by atoms with Crippen LogP contribution in [0.5, 0.6) is 0 Å². The molecule has 0 aromatic carbocycles. The molecule has 2 heterocycles. The van der Waals surface area contributed by atoms with E-state index in [2.05, 4.69) is 14.9 Å². The molecule has 0 spiro atoms. The van der Waals surface area contributed by atoms with Crippen molar-refractivity contribution in [1.82, 2.24) is 14.9 Å². The number of sulfonamides is 1. The molecule has 0 radical (unpaired) electrons. The lowest BCUT2D eigenvalue weighted by molar-refractivity contribution is 0.0354. The van der Waals surface area contributed by atoms with Gasteiger partial charge in [0.2, 0.25) is 10.0 Å². The Hall–Kier alpha value is -0.210. The zero-order chi connectivity index (χ0) is 14.4. The van der Waals surface area contributed by atoms with E-state index in [0.717, 1.165) is 58.8 Å². The van der Waals surface area contributed by atoms with Crippen molar-refractivity contribution in [3.63, 3.8) is 0 Å². The van der Waals surface area contributed by atoms with Gasteiger partial charge in [-0.3, -0.25) is 4.90 Å². The van der Waals surface area contributed by atoms with Gasteiger partial charge in [-0.15, -0.1) is 0 Å². The number of hydrogen-bond acceptors (Lipinski definition) is 5. The summed E-state index contributed by atoms with van der Waals surface area (Å²) < 4.78 is 32.4. The Morgan fingerprint density at radius 1 is 1.40 bits per heavy atom. The highest BCUT2D eigenvalue weighted by atomic mass is 32.2. The molecule has 2 rings (SSSR count). The van der Waals surface area contributed by atoms with Crippen molar-refractivity contribution in [2.24, 2.45) is 5.92 Å². The van der Waals surface area contributed by atoms with E-state index in [0.29, 0.717) is 0 Å². The third-order valence-corrected chi connectivity index (χ3v) is 5.54. The molecule has 2 unspecified atom stereocenters. The molecule has 2 fully saturated rings. The van der Waals surface area contributed by atoms with Crippen molar-refractivity contribution in [2.75, 3.05) is 51.7 Å². The fourth-order valence-corrected chi connectivity index (χ4v) is 4.63. The summed E-state index contributed by atoms with van der Waals surface area (Å²) in [7, 11) is -3.18. The maximum Gasteiger partial charge on any atom is 0.212 e. The van der Waals surface area contributed by atoms with Gasteiger partial charge >= 0.3 is 0 Å². The minimum absolute atomic E-state index is 0.0466. The van der Waals surface area contributed by atoms with Crippen LogP contribution in [-0.4, -0.2) is 71.0 Å². The first-order chi connectivity index (χ1) is 9.55. The fourth-order valence-electron chi connectivity index (χ4n) is 2.94. The van der Waals surface area contributed by atoms with E-state index in [1.54, 1.807) is 0 Å². The highest BCUT2D eigenvalue weighted by Gasteiger charge is 2.23. The Balaban J connectivity index is 1.74. The number of piperidine rings is 1. The maximum absolute atomic E-state index is 12.2. The van der Waals surface area contributed by atoms with E-state index in [9.17, 15) is 8.42 Å². The molecule has 7 heteroatoms.